The maximum absolute atomic E-state index is 14.7. The van der Waals surface area contributed by atoms with Crippen LogP contribution in [0.5, 0.6) is 0 Å². The van der Waals surface area contributed by atoms with Crippen LogP contribution in [0.4, 0.5) is 8.78 Å². The normalized spacial score (nSPS) is 19.1. The minimum Gasteiger partial charge on any atom is -0.393 e. The fourth-order valence-corrected chi connectivity index (χ4v) is 4.23. The van der Waals surface area contributed by atoms with Gasteiger partial charge in [0.15, 0.2) is 0 Å². The second-order valence-electron chi connectivity index (χ2n) is 8.24. The molecule has 0 bridgehead atoms. The van der Waals surface area contributed by atoms with Crippen molar-refractivity contribution >= 4 is 59.0 Å². The lowest BCUT2D eigenvalue weighted by Gasteiger charge is -2.34. The van der Waals surface area contributed by atoms with E-state index < -0.39 is 47.1 Å². The molecule has 2 aromatic carbocycles. The van der Waals surface area contributed by atoms with Gasteiger partial charge in [-0.15, -0.1) is 0 Å². The topological polar surface area (TPSA) is 78.0 Å². The molecule has 7 nitrogen and oxygen atoms in total. The first kappa shape index (κ1) is 25.0. The molecule has 2 aliphatic rings. The summed E-state index contributed by atoms with van der Waals surface area (Å²) in [6.07, 6.45) is 0.136. The largest absolute Gasteiger partial charge is 0.393 e. The smallest absolute Gasteiger partial charge is 0.348 e. The van der Waals surface area contributed by atoms with Crippen LogP contribution in [-0.4, -0.2) is 68.0 Å². The standard InChI is InChI=1S/C22H15B3ClF2N3O4/c23-18(31(25)21(35)22(27,28)13-2-4-14(26)5-3-13)11-1-6-15-12(9-11)10-29(19(15)33)16-7-8-17(32)30(24)20(16)34/h1-6,9,16,18H,7-8,10H2. The van der Waals surface area contributed by atoms with Crippen LogP contribution in [0.3, 0.4) is 0 Å². The molecule has 0 spiro atoms. The molecule has 1 fully saturated rings. The Hall–Kier alpha value is -3.14. The number of rotatable bonds is 5. The molecule has 0 aliphatic carbocycles. The Morgan fingerprint density at radius 1 is 1.14 bits per heavy atom. The molecule has 4 rings (SSSR count). The summed E-state index contributed by atoms with van der Waals surface area (Å²) >= 11 is 5.72. The molecule has 0 aromatic heterocycles. The van der Waals surface area contributed by atoms with E-state index in [1.807, 2.05) is 0 Å². The molecule has 2 unspecified atom stereocenters. The quantitative estimate of drug-likeness (QED) is 0.472. The van der Waals surface area contributed by atoms with Gasteiger partial charge in [-0.25, -0.2) is 0 Å². The summed E-state index contributed by atoms with van der Waals surface area (Å²) in [6, 6.07) is 7.82. The van der Waals surface area contributed by atoms with Crippen molar-refractivity contribution in [3.8, 4) is 0 Å². The third-order valence-corrected chi connectivity index (χ3v) is 6.36. The van der Waals surface area contributed by atoms with Crippen LogP contribution in [0, 0.1) is 0 Å². The van der Waals surface area contributed by atoms with Crippen molar-refractivity contribution in [2.24, 2.45) is 0 Å². The van der Waals surface area contributed by atoms with E-state index >= 15 is 0 Å². The van der Waals surface area contributed by atoms with Gasteiger partial charge in [0.1, 0.15) is 13.9 Å². The second-order valence-corrected chi connectivity index (χ2v) is 8.68. The number of imide groups is 1. The average Bonchev–Trinajstić information content (AvgIpc) is 3.16. The van der Waals surface area contributed by atoms with Gasteiger partial charge in [-0.3, -0.25) is 19.2 Å². The highest BCUT2D eigenvalue weighted by Crippen LogP contribution is 2.34. The SMILES string of the molecule is [B]C(c1ccc2c(c1)CN(C1CCC(=O)N([B])C1=O)C2=O)N([B])C(=O)C(F)(F)c1ccc(Cl)cc1. The third-order valence-electron chi connectivity index (χ3n) is 6.11. The van der Waals surface area contributed by atoms with E-state index in [1.165, 1.54) is 35.2 Å². The molecular formula is C22H15B3ClF2N3O4. The summed E-state index contributed by atoms with van der Waals surface area (Å²) in [7, 11) is 17.2. The number of piperidine rings is 1. The number of amides is 4. The van der Waals surface area contributed by atoms with Gasteiger partial charge >= 0.3 is 5.92 Å². The number of alkyl halides is 2. The van der Waals surface area contributed by atoms with Crippen LogP contribution in [0.25, 0.3) is 0 Å². The lowest BCUT2D eigenvalue weighted by Crippen LogP contribution is -2.53. The zero-order chi connectivity index (χ0) is 25.7. The zero-order valence-electron chi connectivity index (χ0n) is 18.2. The van der Waals surface area contributed by atoms with E-state index in [-0.39, 0.29) is 40.3 Å². The van der Waals surface area contributed by atoms with Crippen molar-refractivity contribution < 1.29 is 28.0 Å². The molecular weight excluding hydrogens is 476 g/mol. The molecule has 0 N–H and O–H groups in total. The molecule has 6 radical (unpaired) electrons. The Balaban J connectivity index is 1.53. The molecule has 35 heavy (non-hydrogen) atoms. The summed E-state index contributed by atoms with van der Waals surface area (Å²) in [5.74, 6) is -8.83. The molecule has 0 saturated carbocycles. The molecule has 4 amide bonds. The Morgan fingerprint density at radius 2 is 1.80 bits per heavy atom. The molecule has 172 valence electrons. The first-order valence-corrected chi connectivity index (χ1v) is 10.8. The van der Waals surface area contributed by atoms with Crippen molar-refractivity contribution in [1.82, 2.24) is 14.5 Å². The monoisotopic (exact) mass is 491 g/mol. The number of halogens is 3. The third kappa shape index (κ3) is 4.35. The lowest BCUT2D eigenvalue weighted by molar-refractivity contribution is -0.154. The zero-order valence-corrected chi connectivity index (χ0v) is 18.9. The Morgan fingerprint density at radius 3 is 2.46 bits per heavy atom. The number of carbonyl (C=O) groups is 4. The van der Waals surface area contributed by atoms with Crippen LogP contribution in [-0.2, 0) is 26.9 Å². The number of hydrogen-bond acceptors (Lipinski definition) is 4. The Labute approximate surface area is 208 Å². The summed E-state index contributed by atoms with van der Waals surface area (Å²) < 4.78 is 29.5. The van der Waals surface area contributed by atoms with Gasteiger partial charge in [-0.05, 0) is 35.7 Å². The van der Waals surface area contributed by atoms with Crippen molar-refractivity contribution in [1.29, 1.82) is 0 Å². The fraction of sp³-hybridized carbons (Fsp3) is 0.273. The van der Waals surface area contributed by atoms with Crippen molar-refractivity contribution in [3.63, 3.8) is 0 Å². The predicted molar refractivity (Wildman–Crippen MR) is 123 cm³/mol. The van der Waals surface area contributed by atoms with E-state index in [2.05, 4.69) is 0 Å². The van der Waals surface area contributed by atoms with Crippen molar-refractivity contribution in [2.75, 3.05) is 0 Å². The Kier molecular flexibility index (Phi) is 6.53. The minimum absolute atomic E-state index is 0.00656. The van der Waals surface area contributed by atoms with Crippen LogP contribution < -0.4 is 0 Å². The number of nitrogens with zero attached hydrogens (tertiary/aromatic N) is 3. The average molecular weight is 491 g/mol. The molecule has 13 heteroatoms. The maximum atomic E-state index is 14.7. The molecule has 2 aliphatic heterocycles. The van der Waals surface area contributed by atoms with Gasteiger partial charge in [-0.1, -0.05) is 35.9 Å². The first-order chi connectivity index (χ1) is 16.4. The van der Waals surface area contributed by atoms with Crippen molar-refractivity contribution in [2.45, 2.75) is 37.3 Å². The van der Waals surface area contributed by atoms with E-state index in [1.54, 1.807) is 0 Å². The summed E-state index contributed by atoms with van der Waals surface area (Å²) in [6.45, 7) is 0.00656. The van der Waals surface area contributed by atoms with Gasteiger partial charge in [0.25, 0.3) is 11.8 Å². The highest BCUT2D eigenvalue weighted by molar-refractivity contribution is 6.30. The summed E-state index contributed by atoms with van der Waals surface area (Å²) in [5, 5.41) is 0.223. The number of carbonyl (C=O) groups excluding carboxylic acids is 4. The second kappa shape index (κ2) is 9.15. The van der Waals surface area contributed by atoms with Gasteiger partial charge in [0.2, 0.25) is 27.8 Å². The van der Waals surface area contributed by atoms with Gasteiger partial charge in [-0.2, -0.15) is 8.78 Å². The summed E-state index contributed by atoms with van der Waals surface area (Å²) in [5.41, 5.74) is 0.332. The van der Waals surface area contributed by atoms with E-state index in [9.17, 15) is 28.0 Å². The van der Waals surface area contributed by atoms with Gasteiger partial charge in [0, 0.05) is 35.1 Å². The number of hydrogen-bond donors (Lipinski definition) is 0. The highest BCUT2D eigenvalue weighted by atomic mass is 35.5. The van der Waals surface area contributed by atoms with E-state index in [0.717, 1.165) is 12.1 Å². The lowest BCUT2D eigenvalue weighted by atomic mass is 9.83. The van der Waals surface area contributed by atoms with Crippen molar-refractivity contribution in [3.05, 3.63) is 69.7 Å². The maximum Gasteiger partial charge on any atom is 0.348 e. The first-order valence-electron chi connectivity index (χ1n) is 10.5. The summed E-state index contributed by atoms with van der Waals surface area (Å²) in [4.78, 5) is 51.4. The molecule has 1 saturated heterocycles. The highest BCUT2D eigenvalue weighted by Gasteiger charge is 2.44. The number of fused-ring (bicyclic) bond motifs is 1. The van der Waals surface area contributed by atoms with Crippen LogP contribution in [0.1, 0.15) is 45.8 Å². The van der Waals surface area contributed by atoms with E-state index in [4.69, 9.17) is 35.4 Å². The fourth-order valence-electron chi connectivity index (χ4n) is 4.11. The Bertz CT molecular complexity index is 1230. The molecule has 2 atom stereocenters. The van der Waals surface area contributed by atoms with Gasteiger partial charge in [0.05, 0.1) is 0 Å². The minimum atomic E-state index is -3.96. The van der Waals surface area contributed by atoms with Crippen LogP contribution in [0.2, 0.25) is 5.02 Å². The number of benzene rings is 2. The molecule has 2 aromatic rings. The predicted octanol–water partition coefficient (Wildman–Crippen LogP) is 1.77. The molecule has 2 heterocycles. The van der Waals surface area contributed by atoms with Gasteiger partial charge < -0.3 is 14.5 Å². The van der Waals surface area contributed by atoms with E-state index in [0.29, 0.717) is 10.4 Å². The van der Waals surface area contributed by atoms with Crippen LogP contribution in [0.15, 0.2) is 42.5 Å². The van der Waals surface area contributed by atoms with Crippen LogP contribution >= 0.6 is 11.6 Å².